The average Bonchev–Trinajstić information content (AvgIpc) is 3.56. The third-order valence-corrected chi connectivity index (χ3v) is 6.67. The molecule has 3 amide bonds. The standard InChI is InChI=1S/C25H37N5O5/c26-13-5-4-10-19(28-22(31)18-11-6-14-27-18)23(32)29-20(16-17-8-2-1-3-9-17)24(33)30-15-7-12-21(30)25(34)35/h1-3,8-9,18-21,27H,4-7,10-16,26H2,(H,28,31)(H,29,32)(H,34,35). The van der Waals surface area contributed by atoms with Gasteiger partial charge in [0, 0.05) is 13.0 Å². The molecule has 35 heavy (non-hydrogen) atoms. The minimum atomic E-state index is -1.04. The molecule has 1 aromatic carbocycles. The number of unbranched alkanes of at least 4 members (excludes halogenated alkanes) is 1. The van der Waals surface area contributed by atoms with E-state index in [9.17, 15) is 24.3 Å². The van der Waals surface area contributed by atoms with Crippen molar-refractivity contribution in [1.29, 1.82) is 0 Å². The van der Waals surface area contributed by atoms with Crippen molar-refractivity contribution >= 4 is 23.7 Å². The van der Waals surface area contributed by atoms with Gasteiger partial charge in [0.1, 0.15) is 18.1 Å². The van der Waals surface area contributed by atoms with Crippen LogP contribution in [0.25, 0.3) is 0 Å². The van der Waals surface area contributed by atoms with Gasteiger partial charge in [0.15, 0.2) is 0 Å². The largest absolute Gasteiger partial charge is 0.480 e. The van der Waals surface area contributed by atoms with Crippen LogP contribution in [0.5, 0.6) is 0 Å². The second-order valence-electron chi connectivity index (χ2n) is 9.27. The number of hydrogen-bond acceptors (Lipinski definition) is 6. The Kier molecular flexibility index (Phi) is 10.0. The summed E-state index contributed by atoms with van der Waals surface area (Å²) in [5.41, 5.74) is 6.45. The maximum absolute atomic E-state index is 13.4. The zero-order chi connectivity index (χ0) is 25.2. The van der Waals surface area contributed by atoms with E-state index < -0.39 is 35.9 Å². The number of carboxylic acid groups (broad SMARTS) is 1. The first kappa shape index (κ1) is 26.6. The van der Waals surface area contributed by atoms with E-state index in [-0.39, 0.29) is 18.4 Å². The Hall–Kier alpha value is -2.98. The Bertz CT molecular complexity index is 874. The topological polar surface area (TPSA) is 154 Å². The maximum atomic E-state index is 13.4. The van der Waals surface area contributed by atoms with Gasteiger partial charge in [0.25, 0.3) is 0 Å². The molecular formula is C25H37N5O5. The summed E-state index contributed by atoms with van der Waals surface area (Å²) < 4.78 is 0. The molecule has 3 rings (SSSR count). The molecule has 2 heterocycles. The molecule has 10 nitrogen and oxygen atoms in total. The summed E-state index contributed by atoms with van der Waals surface area (Å²) in [5, 5.41) is 18.4. The Morgan fingerprint density at radius 2 is 1.83 bits per heavy atom. The van der Waals surface area contributed by atoms with E-state index in [4.69, 9.17) is 5.73 Å². The Morgan fingerprint density at radius 3 is 2.49 bits per heavy atom. The lowest BCUT2D eigenvalue weighted by atomic mass is 10.0. The Labute approximate surface area is 206 Å². The van der Waals surface area contributed by atoms with Crippen molar-refractivity contribution in [1.82, 2.24) is 20.9 Å². The van der Waals surface area contributed by atoms with Gasteiger partial charge in [-0.25, -0.2) is 4.79 Å². The first-order valence-corrected chi connectivity index (χ1v) is 12.5. The molecule has 192 valence electrons. The third kappa shape index (κ3) is 7.50. The van der Waals surface area contributed by atoms with Crippen LogP contribution in [-0.4, -0.2) is 77.5 Å². The fourth-order valence-electron chi connectivity index (χ4n) is 4.75. The van der Waals surface area contributed by atoms with Gasteiger partial charge in [-0.3, -0.25) is 14.4 Å². The maximum Gasteiger partial charge on any atom is 0.326 e. The molecule has 4 unspecified atom stereocenters. The van der Waals surface area contributed by atoms with Crippen molar-refractivity contribution in [3.8, 4) is 0 Å². The van der Waals surface area contributed by atoms with Crippen LogP contribution in [0.4, 0.5) is 0 Å². The number of nitrogens with one attached hydrogen (secondary N) is 3. The second kappa shape index (κ2) is 13.2. The van der Waals surface area contributed by atoms with Crippen molar-refractivity contribution in [2.24, 2.45) is 5.73 Å². The molecule has 0 aromatic heterocycles. The summed E-state index contributed by atoms with van der Waals surface area (Å²) >= 11 is 0. The lowest BCUT2D eigenvalue weighted by molar-refractivity contribution is -0.149. The lowest BCUT2D eigenvalue weighted by Gasteiger charge is -2.29. The number of rotatable bonds is 12. The van der Waals surface area contributed by atoms with Crippen molar-refractivity contribution < 1.29 is 24.3 Å². The van der Waals surface area contributed by atoms with E-state index in [0.29, 0.717) is 51.6 Å². The predicted molar refractivity (Wildman–Crippen MR) is 130 cm³/mol. The minimum Gasteiger partial charge on any atom is -0.480 e. The van der Waals surface area contributed by atoms with E-state index in [0.717, 1.165) is 18.5 Å². The summed E-state index contributed by atoms with van der Waals surface area (Å²) in [6.07, 6.45) is 4.58. The minimum absolute atomic E-state index is 0.224. The van der Waals surface area contributed by atoms with Crippen molar-refractivity contribution in [3.05, 3.63) is 35.9 Å². The molecule has 1 aromatic rings. The van der Waals surface area contributed by atoms with Crippen LogP contribution in [0, 0.1) is 0 Å². The molecule has 0 saturated carbocycles. The van der Waals surface area contributed by atoms with Crippen molar-refractivity contribution in [2.75, 3.05) is 19.6 Å². The van der Waals surface area contributed by atoms with Crippen molar-refractivity contribution in [2.45, 2.75) is 75.5 Å². The van der Waals surface area contributed by atoms with Crippen LogP contribution in [0.15, 0.2) is 30.3 Å². The Balaban J connectivity index is 1.76. The highest BCUT2D eigenvalue weighted by Gasteiger charge is 2.38. The number of likely N-dealkylation sites (tertiary alicyclic amines) is 1. The summed E-state index contributed by atoms with van der Waals surface area (Å²) in [6, 6.07) is 6.29. The molecule has 6 N–H and O–H groups in total. The normalized spacial score (nSPS) is 21.3. The van der Waals surface area contributed by atoms with Crippen LogP contribution < -0.4 is 21.7 Å². The van der Waals surface area contributed by atoms with Crippen molar-refractivity contribution in [3.63, 3.8) is 0 Å². The number of carbonyl (C=O) groups is 4. The summed E-state index contributed by atoms with van der Waals surface area (Å²) in [4.78, 5) is 52.5. The highest BCUT2D eigenvalue weighted by molar-refractivity contribution is 5.94. The van der Waals surface area contributed by atoms with Crippen LogP contribution in [0.1, 0.15) is 50.5 Å². The number of hydrogen-bond donors (Lipinski definition) is 5. The van der Waals surface area contributed by atoms with Gasteiger partial charge in [-0.2, -0.15) is 0 Å². The van der Waals surface area contributed by atoms with Crippen LogP contribution in [0.3, 0.4) is 0 Å². The third-order valence-electron chi connectivity index (χ3n) is 6.67. The molecule has 0 bridgehead atoms. The molecule has 2 fully saturated rings. The van der Waals surface area contributed by atoms with Gasteiger partial charge >= 0.3 is 5.97 Å². The van der Waals surface area contributed by atoms with Gasteiger partial charge in [-0.15, -0.1) is 0 Å². The summed E-state index contributed by atoms with van der Waals surface area (Å²) in [6.45, 7) is 1.57. The number of carbonyl (C=O) groups excluding carboxylic acids is 3. The summed E-state index contributed by atoms with van der Waals surface area (Å²) in [7, 11) is 0. The fourth-order valence-corrected chi connectivity index (χ4v) is 4.75. The number of nitrogens with zero attached hydrogens (tertiary/aromatic N) is 1. The van der Waals surface area contributed by atoms with E-state index in [1.54, 1.807) is 0 Å². The van der Waals surface area contributed by atoms with Gasteiger partial charge in [-0.05, 0) is 63.6 Å². The molecule has 0 spiro atoms. The number of amides is 3. The van der Waals surface area contributed by atoms with E-state index >= 15 is 0 Å². The monoisotopic (exact) mass is 487 g/mol. The molecule has 2 aliphatic heterocycles. The molecule has 0 aliphatic carbocycles. The number of aliphatic carboxylic acids is 1. The van der Waals surface area contributed by atoms with Gasteiger partial charge in [0.2, 0.25) is 17.7 Å². The molecule has 10 heteroatoms. The molecule has 4 atom stereocenters. The van der Waals surface area contributed by atoms with Gasteiger partial charge < -0.3 is 31.7 Å². The molecule has 0 radical (unpaired) electrons. The molecule has 2 aliphatic rings. The Morgan fingerprint density at radius 1 is 1.06 bits per heavy atom. The number of nitrogens with two attached hydrogens (primary N) is 1. The number of carboxylic acids is 1. The fraction of sp³-hybridized carbons (Fsp3) is 0.600. The first-order valence-electron chi connectivity index (χ1n) is 12.5. The van der Waals surface area contributed by atoms with Crippen LogP contribution in [-0.2, 0) is 25.6 Å². The summed E-state index contributed by atoms with van der Waals surface area (Å²) in [5.74, 6) is -2.14. The molecular weight excluding hydrogens is 450 g/mol. The molecule has 2 saturated heterocycles. The zero-order valence-electron chi connectivity index (χ0n) is 20.1. The predicted octanol–water partition coefficient (Wildman–Crippen LogP) is 0.155. The van der Waals surface area contributed by atoms with E-state index in [1.807, 2.05) is 30.3 Å². The van der Waals surface area contributed by atoms with Gasteiger partial charge in [-0.1, -0.05) is 30.3 Å². The SMILES string of the molecule is NCCCCC(NC(=O)C1CCCN1)C(=O)NC(Cc1ccccc1)C(=O)N1CCCC1C(=O)O. The van der Waals surface area contributed by atoms with Crippen LogP contribution >= 0.6 is 0 Å². The smallest absolute Gasteiger partial charge is 0.326 e. The quantitative estimate of drug-likeness (QED) is 0.263. The van der Waals surface area contributed by atoms with E-state index in [2.05, 4.69) is 16.0 Å². The highest BCUT2D eigenvalue weighted by atomic mass is 16.4. The van der Waals surface area contributed by atoms with E-state index in [1.165, 1.54) is 4.90 Å². The second-order valence-corrected chi connectivity index (χ2v) is 9.27. The first-order chi connectivity index (χ1) is 16.9. The lowest BCUT2D eigenvalue weighted by Crippen LogP contribution is -2.57. The average molecular weight is 488 g/mol. The van der Waals surface area contributed by atoms with Gasteiger partial charge in [0.05, 0.1) is 6.04 Å². The zero-order valence-corrected chi connectivity index (χ0v) is 20.1. The highest BCUT2D eigenvalue weighted by Crippen LogP contribution is 2.20. The number of benzene rings is 1. The van der Waals surface area contributed by atoms with Crippen LogP contribution in [0.2, 0.25) is 0 Å².